The van der Waals surface area contributed by atoms with Gasteiger partial charge >= 0.3 is 0 Å². The number of aromatic nitrogens is 1. The van der Waals surface area contributed by atoms with Crippen LogP contribution in [0.1, 0.15) is 11.1 Å². The quantitative estimate of drug-likeness (QED) is 0.204. The molecule has 3 aromatic carbocycles. The first kappa shape index (κ1) is 26.3. The number of pyridine rings is 1. The molecule has 0 aliphatic heterocycles. The number of ether oxygens (including phenoxy) is 1. The van der Waals surface area contributed by atoms with E-state index in [4.69, 9.17) is 39.5 Å². The summed E-state index contributed by atoms with van der Waals surface area (Å²) >= 11 is 18.0. The highest BCUT2D eigenvalue weighted by molar-refractivity contribution is 7.92. The molecule has 0 atom stereocenters. The number of anilines is 1. The zero-order valence-electron chi connectivity index (χ0n) is 18.9. The van der Waals surface area contributed by atoms with E-state index in [1.807, 2.05) is 36.4 Å². The van der Waals surface area contributed by atoms with Gasteiger partial charge in [0.25, 0.3) is 10.0 Å². The minimum Gasteiger partial charge on any atom is -0.437 e. The molecule has 0 bridgehead atoms. The van der Waals surface area contributed by atoms with Crippen LogP contribution in [-0.4, -0.2) is 19.9 Å². The van der Waals surface area contributed by atoms with Crippen molar-refractivity contribution in [3.63, 3.8) is 0 Å². The summed E-state index contributed by atoms with van der Waals surface area (Å²) in [6.45, 7) is 1.48. The van der Waals surface area contributed by atoms with Gasteiger partial charge < -0.3 is 10.1 Å². The maximum Gasteiger partial charge on any atom is 0.262 e. The first-order valence-corrected chi connectivity index (χ1v) is 13.6. The molecule has 10 heteroatoms. The highest BCUT2D eigenvalue weighted by Gasteiger charge is 2.19. The van der Waals surface area contributed by atoms with Crippen LogP contribution in [0.25, 0.3) is 0 Å². The molecule has 4 rings (SSSR count). The van der Waals surface area contributed by atoms with Gasteiger partial charge in [0.2, 0.25) is 5.88 Å². The van der Waals surface area contributed by atoms with Crippen molar-refractivity contribution in [1.82, 2.24) is 10.3 Å². The van der Waals surface area contributed by atoms with Crippen molar-refractivity contribution in [3.05, 3.63) is 111 Å². The minimum absolute atomic E-state index is 0.0530. The van der Waals surface area contributed by atoms with Gasteiger partial charge in [0, 0.05) is 12.7 Å². The molecule has 0 amide bonds. The van der Waals surface area contributed by atoms with Gasteiger partial charge in [-0.25, -0.2) is 13.4 Å². The molecule has 1 heterocycles. The van der Waals surface area contributed by atoms with E-state index in [1.54, 1.807) is 6.07 Å². The summed E-state index contributed by atoms with van der Waals surface area (Å²) in [6, 6.07) is 23.2. The van der Waals surface area contributed by atoms with Crippen molar-refractivity contribution in [2.24, 2.45) is 0 Å². The average molecular weight is 563 g/mol. The number of hydrogen-bond donors (Lipinski definition) is 2. The van der Waals surface area contributed by atoms with Crippen LogP contribution in [0, 0.1) is 0 Å². The van der Waals surface area contributed by atoms with E-state index in [2.05, 4.69) is 27.2 Å². The zero-order valence-corrected chi connectivity index (χ0v) is 22.0. The standard InChI is InChI=1S/C26H22Cl3N3O3S/c27-20-14-25(32-36(33,34)22-9-10-23(28)24(29)15-22)26(31-17-20)35-21-8-4-7-19(13-21)16-30-12-11-18-5-2-1-3-6-18/h1-10,13-15,17,30,32H,11-12,16H2. The molecule has 0 saturated carbocycles. The van der Waals surface area contributed by atoms with Crippen LogP contribution < -0.4 is 14.8 Å². The predicted octanol–water partition coefficient (Wildman–Crippen LogP) is 6.97. The van der Waals surface area contributed by atoms with Gasteiger partial charge in [0.05, 0.1) is 20.0 Å². The highest BCUT2D eigenvalue weighted by atomic mass is 35.5. The SMILES string of the molecule is O=S(=O)(Nc1cc(Cl)cnc1Oc1cccc(CNCCc2ccccc2)c1)c1ccc(Cl)c(Cl)c1. The highest BCUT2D eigenvalue weighted by Crippen LogP contribution is 2.32. The molecule has 0 fully saturated rings. The van der Waals surface area contributed by atoms with Crippen molar-refractivity contribution < 1.29 is 13.2 Å². The van der Waals surface area contributed by atoms with E-state index in [0.29, 0.717) is 12.3 Å². The van der Waals surface area contributed by atoms with Crippen molar-refractivity contribution in [3.8, 4) is 11.6 Å². The van der Waals surface area contributed by atoms with E-state index < -0.39 is 10.0 Å². The Morgan fingerprint density at radius 2 is 1.61 bits per heavy atom. The Hall–Kier alpha value is -2.81. The van der Waals surface area contributed by atoms with Crippen LogP contribution in [-0.2, 0) is 23.0 Å². The fourth-order valence-electron chi connectivity index (χ4n) is 3.37. The smallest absolute Gasteiger partial charge is 0.262 e. The number of sulfonamides is 1. The van der Waals surface area contributed by atoms with Crippen LogP contribution in [0.15, 0.2) is 90.0 Å². The summed E-state index contributed by atoms with van der Waals surface area (Å²) in [6.07, 6.45) is 2.30. The van der Waals surface area contributed by atoms with E-state index in [1.165, 1.54) is 36.0 Å². The van der Waals surface area contributed by atoms with Gasteiger partial charge in [-0.05, 0) is 60.5 Å². The second-order valence-electron chi connectivity index (χ2n) is 7.85. The molecular formula is C26H22Cl3N3O3S. The Morgan fingerprint density at radius 3 is 2.39 bits per heavy atom. The minimum atomic E-state index is -4.01. The van der Waals surface area contributed by atoms with E-state index >= 15 is 0 Å². The van der Waals surface area contributed by atoms with Gasteiger partial charge in [-0.2, -0.15) is 0 Å². The number of halogens is 3. The number of nitrogens with zero attached hydrogens (tertiary/aromatic N) is 1. The van der Waals surface area contributed by atoms with Crippen LogP contribution >= 0.6 is 34.8 Å². The van der Waals surface area contributed by atoms with Crippen molar-refractivity contribution >= 4 is 50.5 Å². The molecule has 4 aromatic rings. The third-order valence-corrected chi connectivity index (χ3v) is 7.45. The maximum atomic E-state index is 12.9. The summed E-state index contributed by atoms with van der Waals surface area (Å²) in [5, 5.41) is 4.03. The average Bonchev–Trinajstić information content (AvgIpc) is 2.86. The Bertz CT molecular complexity index is 1450. The Labute approximate surface area is 225 Å². The second-order valence-corrected chi connectivity index (χ2v) is 10.8. The molecule has 0 spiro atoms. The lowest BCUT2D eigenvalue weighted by Gasteiger charge is -2.14. The Morgan fingerprint density at radius 1 is 0.833 bits per heavy atom. The molecule has 0 radical (unpaired) electrons. The van der Waals surface area contributed by atoms with Gasteiger partial charge in [-0.1, -0.05) is 77.3 Å². The summed E-state index contributed by atoms with van der Waals surface area (Å²) in [5.41, 5.74) is 2.36. The van der Waals surface area contributed by atoms with Crippen LogP contribution in [0.4, 0.5) is 5.69 Å². The molecule has 0 unspecified atom stereocenters. The summed E-state index contributed by atoms with van der Waals surface area (Å²) in [5.74, 6) is 0.555. The fourth-order valence-corrected chi connectivity index (χ4v) is 4.96. The Balaban J connectivity index is 1.45. The number of hydrogen-bond acceptors (Lipinski definition) is 5. The van der Waals surface area contributed by atoms with Gasteiger partial charge in [0.1, 0.15) is 11.4 Å². The van der Waals surface area contributed by atoms with E-state index in [-0.39, 0.29) is 31.5 Å². The van der Waals surface area contributed by atoms with Crippen molar-refractivity contribution in [2.75, 3.05) is 11.3 Å². The molecule has 1 aromatic heterocycles. The molecule has 0 aliphatic carbocycles. The number of rotatable bonds is 10. The normalized spacial score (nSPS) is 11.3. The van der Waals surface area contributed by atoms with Crippen molar-refractivity contribution in [1.29, 1.82) is 0 Å². The third kappa shape index (κ3) is 7.12. The van der Waals surface area contributed by atoms with Gasteiger partial charge in [0.15, 0.2) is 0 Å². The molecule has 6 nitrogen and oxygen atoms in total. The van der Waals surface area contributed by atoms with Gasteiger partial charge in [-0.3, -0.25) is 4.72 Å². The van der Waals surface area contributed by atoms with E-state index in [0.717, 1.165) is 18.5 Å². The molecule has 0 saturated heterocycles. The largest absolute Gasteiger partial charge is 0.437 e. The topological polar surface area (TPSA) is 80.3 Å². The first-order valence-electron chi connectivity index (χ1n) is 10.9. The summed E-state index contributed by atoms with van der Waals surface area (Å²) < 4.78 is 34.3. The lowest BCUT2D eigenvalue weighted by atomic mass is 10.1. The van der Waals surface area contributed by atoms with Crippen LogP contribution in [0.2, 0.25) is 15.1 Å². The van der Waals surface area contributed by atoms with Crippen LogP contribution in [0.5, 0.6) is 11.6 Å². The molecule has 36 heavy (non-hydrogen) atoms. The molecule has 0 aliphatic rings. The lowest BCUT2D eigenvalue weighted by Crippen LogP contribution is -2.16. The predicted molar refractivity (Wildman–Crippen MR) is 145 cm³/mol. The fraction of sp³-hybridized carbons (Fsp3) is 0.115. The molecular weight excluding hydrogens is 541 g/mol. The van der Waals surface area contributed by atoms with E-state index in [9.17, 15) is 8.42 Å². The Kier molecular flexibility index (Phi) is 8.72. The third-order valence-electron chi connectivity index (χ3n) is 5.14. The first-order chi connectivity index (χ1) is 17.3. The van der Waals surface area contributed by atoms with Crippen LogP contribution in [0.3, 0.4) is 0 Å². The monoisotopic (exact) mass is 561 g/mol. The van der Waals surface area contributed by atoms with Gasteiger partial charge in [-0.15, -0.1) is 0 Å². The molecule has 2 N–H and O–H groups in total. The number of benzene rings is 3. The second kappa shape index (κ2) is 12.0. The van der Waals surface area contributed by atoms with Crippen molar-refractivity contribution in [2.45, 2.75) is 17.9 Å². The summed E-state index contributed by atoms with van der Waals surface area (Å²) in [4.78, 5) is 4.11. The lowest BCUT2D eigenvalue weighted by molar-refractivity contribution is 0.464. The zero-order chi connectivity index (χ0) is 25.5. The maximum absolute atomic E-state index is 12.9. The number of nitrogens with one attached hydrogen (secondary N) is 2. The molecule has 186 valence electrons. The summed E-state index contributed by atoms with van der Waals surface area (Å²) in [7, 11) is -4.01.